The zero-order chi connectivity index (χ0) is 13.5. The maximum Gasteiger partial charge on any atom is 0.190 e. The monoisotopic (exact) mass is 259 g/mol. The molecule has 0 aromatic heterocycles. The number of halogens is 2. The second-order valence-electron chi connectivity index (χ2n) is 4.35. The van der Waals surface area contributed by atoms with E-state index in [1.54, 1.807) is 0 Å². The van der Waals surface area contributed by atoms with Crippen molar-refractivity contribution in [3.8, 4) is 5.75 Å². The molecule has 1 rings (SSSR count). The van der Waals surface area contributed by atoms with Gasteiger partial charge in [-0.05, 0) is 17.7 Å². The summed E-state index contributed by atoms with van der Waals surface area (Å²) in [4.78, 5) is 0. The van der Waals surface area contributed by atoms with Crippen LogP contribution < -0.4 is 10.1 Å². The topological polar surface area (TPSA) is 41.5 Å². The van der Waals surface area contributed by atoms with E-state index >= 15 is 0 Å². The lowest BCUT2D eigenvalue weighted by Crippen LogP contribution is -2.22. The Labute approximate surface area is 106 Å². The maximum absolute atomic E-state index is 13.6. The van der Waals surface area contributed by atoms with Crippen molar-refractivity contribution in [2.45, 2.75) is 32.9 Å². The summed E-state index contributed by atoms with van der Waals surface area (Å²) in [7, 11) is 0. The molecule has 0 spiro atoms. The third-order valence-electron chi connectivity index (χ3n) is 2.32. The fraction of sp³-hybridized carbons (Fsp3) is 0.538. The fourth-order valence-corrected chi connectivity index (χ4v) is 1.41. The van der Waals surface area contributed by atoms with Crippen LogP contribution in [-0.2, 0) is 6.54 Å². The normalized spacial score (nSPS) is 11.0. The van der Waals surface area contributed by atoms with E-state index in [4.69, 9.17) is 9.84 Å². The summed E-state index contributed by atoms with van der Waals surface area (Å²) >= 11 is 0. The van der Waals surface area contributed by atoms with Gasteiger partial charge in [0.15, 0.2) is 17.4 Å². The van der Waals surface area contributed by atoms with Crippen LogP contribution in [0.25, 0.3) is 0 Å². The van der Waals surface area contributed by atoms with Gasteiger partial charge in [-0.3, -0.25) is 0 Å². The van der Waals surface area contributed by atoms with Crippen LogP contribution in [0.15, 0.2) is 12.1 Å². The molecule has 0 bridgehead atoms. The number of ether oxygens (including phenoxy) is 1. The quantitative estimate of drug-likeness (QED) is 0.738. The van der Waals surface area contributed by atoms with E-state index in [9.17, 15) is 8.78 Å². The molecule has 2 N–H and O–H groups in total. The van der Waals surface area contributed by atoms with Crippen LogP contribution in [0.3, 0.4) is 0 Å². The first-order valence-corrected chi connectivity index (χ1v) is 5.99. The van der Waals surface area contributed by atoms with Gasteiger partial charge in [-0.15, -0.1) is 0 Å². The van der Waals surface area contributed by atoms with Gasteiger partial charge >= 0.3 is 0 Å². The number of benzene rings is 1. The average Bonchev–Trinajstić information content (AvgIpc) is 2.30. The Morgan fingerprint density at radius 3 is 2.39 bits per heavy atom. The highest BCUT2D eigenvalue weighted by Gasteiger charge is 2.12. The number of rotatable bonds is 7. The van der Waals surface area contributed by atoms with Crippen LogP contribution >= 0.6 is 0 Å². The van der Waals surface area contributed by atoms with Crippen LogP contribution in [0.5, 0.6) is 5.75 Å². The molecule has 0 saturated heterocycles. The largest absolute Gasteiger partial charge is 0.488 e. The number of aliphatic hydroxyl groups excluding tert-OH is 1. The Kier molecular flexibility index (Phi) is 6.01. The highest BCUT2D eigenvalue weighted by atomic mass is 19.1. The first-order chi connectivity index (χ1) is 8.54. The smallest absolute Gasteiger partial charge is 0.190 e. The Balaban J connectivity index is 2.71. The molecule has 0 amide bonds. The van der Waals surface area contributed by atoms with Crippen molar-refractivity contribution in [1.82, 2.24) is 5.32 Å². The van der Waals surface area contributed by atoms with E-state index < -0.39 is 11.6 Å². The highest BCUT2D eigenvalue weighted by Crippen LogP contribution is 2.23. The van der Waals surface area contributed by atoms with Gasteiger partial charge in [0.2, 0.25) is 0 Å². The number of nitrogens with one attached hydrogen (secondary N) is 1. The first kappa shape index (κ1) is 14.9. The van der Waals surface area contributed by atoms with Gasteiger partial charge in [-0.1, -0.05) is 13.8 Å². The van der Waals surface area contributed by atoms with Crippen molar-refractivity contribution in [3.05, 3.63) is 29.3 Å². The maximum atomic E-state index is 13.6. The van der Waals surface area contributed by atoms with E-state index in [1.165, 1.54) is 12.1 Å². The van der Waals surface area contributed by atoms with Crippen molar-refractivity contribution in [2.75, 3.05) is 13.2 Å². The Morgan fingerprint density at radius 1 is 1.28 bits per heavy atom. The lowest BCUT2D eigenvalue weighted by molar-refractivity contribution is 0.222. The van der Waals surface area contributed by atoms with Crippen LogP contribution in [0.1, 0.15) is 25.8 Å². The summed E-state index contributed by atoms with van der Waals surface area (Å²) in [6, 6.07) is 2.76. The molecule has 18 heavy (non-hydrogen) atoms. The third-order valence-corrected chi connectivity index (χ3v) is 2.32. The van der Waals surface area contributed by atoms with Crippen LogP contribution in [0.2, 0.25) is 0 Å². The van der Waals surface area contributed by atoms with E-state index in [1.807, 2.05) is 13.8 Å². The second-order valence-corrected chi connectivity index (χ2v) is 4.35. The van der Waals surface area contributed by atoms with Gasteiger partial charge in [0.1, 0.15) is 0 Å². The van der Waals surface area contributed by atoms with E-state index in [2.05, 4.69) is 5.32 Å². The molecular weight excluding hydrogens is 240 g/mol. The Hall–Kier alpha value is -1.20. The summed E-state index contributed by atoms with van der Waals surface area (Å²) in [6.45, 7) is 4.34. The molecule has 0 fully saturated rings. The molecule has 1 aromatic carbocycles. The predicted octanol–water partition coefficient (Wildman–Crippen LogP) is 2.22. The van der Waals surface area contributed by atoms with E-state index in [0.29, 0.717) is 18.5 Å². The molecule has 0 aliphatic carbocycles. The summed E-state index contributed by atoms with van der Waals surface area (Å²) in [6.07, 6.45) is 0.343. The zero-order valence-electron chi connectivity index (χ0n) is 10.7. The standard InChI is InChI=1S/C13H19F2NO2/c1-9(2)16-8-10-6-11(14)13(12(15)7-10)18-5-3-4-17/h6-7,9,16-17H,3-5,8H2,1-2H3. The van der Waals surface area contributed by atoms with Crippen molar-refractivity contribution >= 4 is 0 Å². The van der Waals surface area contributed by atoms with Crippen molar-refractivity contribution in [3.63, 3.8) is 0 Å². The van der Waals surface area contributed by atoms with E-state index in [-0.39, 0.29) is 25.0 Å². The molecular formula is C13H19F2NO2. The minimum absolute atomic E-state index is 0.0698. The second kappa shape index (κ2) is 7.28. The number of hydrogen-bond acceptors (Lipinski definition) is 3. The molecule has 0 aliphatic heterocycles. The molecule has 0 saturated carbocycles. The molecule has 0 aliphatic rings. The molecule has 0 unspecified atom stereocenters. The van der Waals surface area contributed by atoms with Gasteiger partial charge in [0, 0.05) is 25.6 Å². The van der Waals surface area contributed by atoms with Crippen molar-refractivity contribution < 1.29 is 18.6 Å². The summed E-state index contributed by atoms with van der Waals surface area (Å²) in [5, 5.41) is 11.7. The minimum Gasteiger partial charge on any atom is -0.488 e. The molecule has 5 heteroatoms. The lowest BCUT2D eigenvalue weighted by Gasteiger charge is -2.11. The average molecular weight is 259 g/mol. The molecule has 1 aromatic rings. The fourth-order valence-electron chi connectivity index (χ4n) is 1.41. The Bertz CT molecular complexity index is 360. The third kappa shape index (κ3) is 4.58. The highest BCUT2D eigenvalue weighted by molar-refractivity contribution is 5.31. The van der Waals surface area contributed by atoms with E-state index in [0.717, 1.165) is 0 Å². The number of hydrogen-bond donors (Lipinski definition) is 2. The first-order valence-electron chi connectivity index (χ1n) is 5.99. The summed E-state index contributed by atoms with van der Waals surface area (Å²) in [5.74, 6) is -1.81. The van der Waals surface area contributed by atoms with Crippen LogP contribution in [0, 0.1) is 11.6 Å². The van der Waals surface area contributed by atoms with Gasteiger partial charge in [0.25, 0.3) is 0 Å². The van der Waals surface area contributed by atoms with Gasteiger partial charge in [-0.2, -0.15) is 0 Å². The van der Waals surface area contributed by atoms with Crippen molar-refractivity contribution in [2.24, 2.45) is 0 Å². The minimum atomic E-state index is -0.714. The summed E-state index contributed by atoms with van der Waals surface area (Å²) < 4.78 is 32.2. The molecule has 0 radical (unpaired) electrons. The molecule has 0 heterocycles. The lowest BCUT2D eigenvalue weighted by atomic mass is 10.2. The van der Waals surface area contributed by atoms with Crippen molar-refractivity contribution in [1.29, 1.82) is 0 Å². The van der Waals surface area contributed by atoms with Gasteiger partial charge in [-0.25, -0.2) is 8.78 Å². The van der Waals surface area contributed by atoms with Crippen LogP contribution in [0.4, 0.5) is 8.78 Å². The number of aliphatic hydroxyl groups is 1. The predicted molar refractivity (Wildman–Crippen MR) is 65.5 cm³/mol. The molecule has 3 nitrogen and oxygen atoms in total. The SMILES string of the molecule is CC(C)NCc1cc(F)c(OCCCO)c(F)c1. The summed E-state index contributed by atoms with van der Waals surface area (Å²) in [5.41, 5.74) is 0.535. The van der Waals surface area contributed by atoms with Gasteiger partial charge < -0.3 is 15.2 Å². The zero-order valence-corrected chi connectivity index (χ0v) is 10.7. The Morgan fingerprint density at radius 2 is 1.89 bits per heavy atom. The molecule has 0 atom stereocenters. The van der Waals surface area contributed by atoms with Crippen LogP contribution in [-0.4, -0.2) is 24.4 Å². The van der Waals surface area contributed by atoms with Gasteiger partial charge in [0.05, 0.1) is 6.61 Å². The molecule has 102 valence electrons.